The Morgan fingerprint density at radius 3 is 2.86 bits per heavy atom. The molecule has 154 valence electrons. The number of ether oxygens (including phenoxy) is 1. The average Bonchev–Trinajstić information content (AvgIpc) is 3.23. The SMILES string of the molecule is CCNC(=NCCCOc1ccccc1)N1CCC(C)C(n2ccnc2)C1.I. The molecule has 3 rings (SSSR count). The van der Waals surface area contributed by atoms with Gasteiger partial charge >= 0.3 is 0 Å². The maximum atomic E-state index is 5.76. The van der Waals surface area contributed by atoms with Gasteiger partial charge in [-0.2, -0.15) is 0 Å². The van der Waals surface area contributed by atoms with E-state index in [9.17, 15) is 0 Å². The van der Waals surface area contributed by atoms with Gasteiger partial charge in [-0.15, -0.1) is 24.0 Å². The van der Waals surface area contributed by atoms with Gasteiger partial charge in [0.15, 0.2) is 5.96 Å². The number of para-hydroxylation sites is 1. The molecule has 2 unspecified atom stereocenters. The van der Waals surface area contributed by atoms with Gasteiger partial charge in [-0.25, -0.2) is 4.98 Å². The predicted octanol–water partition coefficient (Wildman–Crippen LogP) is 3.82. The molecular weight excluding hydrogens is 465 g/mol. The molecule has 2 heterocycles. The van der Waals surface area contributed by atoms with Crippen LogP contribution in [0.5, 0.6) is 5.75 Å². The van der Waals surface area contributed by atoms with Crippen LogP contribution < -0.4 is 10.1 Å². The quantitative estimate of drug-likeness (QED) is 0.274. The summed E-state index contributed by atoms with van der Waals surface area (Å²) in [5.41, 5.74) is 0. The summed E-state index contributed by atoms with van der Waals surface area (Å²) in [6.45, 7) is 8.77. The number of rotatable bonds is 7. The van der Waals surface area contributed by atoms with Gasteiger partial charge in [-0.1, -0.05) is 25.1 Å². The Bertz CT molecular complexity index is 692. The minimum atomic E-state index is 0. The van der Waals surface area contributed by atoms with Gasteiger partial charge in [-0.3, -0.25) is 4.99 Å². The number of benzene rings is 1. The molecule has 1 fully saturated rings. The van der Waals surface area contributed by atoms with Crippen LogP contribution in [-0.2, 0) is 0 Å². The Kier molecular flexibility index (Phi) is 9.60. The van der Waals surface area contributed by atoms with Crippen molar-refractivity contribution >= 4 is 29.9 Å². The molecule has 1 aliphatic heterocycles. The molecule has 0 amide bonds. The molecule has 0 saturated carbocycles. The molecule has 1 aromatic carbocycles. The summed E-state index contributed by atoms with van der Waals surface area (Å²) in [5, 5.41) is 3.45. The minimum Gasteiger partial charge on any atom is -0.494 e. The van der Waals surface area contributed by atoms with Crippen molar-refractivity contribution < 1.29 is 4.74 Å². The van der Waals surface area contributed by atoms with Gasteiger partial charge in [0.05, 0.1) is 19.0 Å². The first kappa shape index (κ1) is 22.5. The summed E-state index contributed by atoms with van der Waals surface area (Å²) in [6, 6.07) is 10.4. The lowest BCUT2D eigenvalue weighted by Gasteiger charge is -2.39. The Labute approximate surface area is 185 Å². The van der Waals surface area contributed by atoms with E-state index in [0.29, 0.717) is 18.6 Å². The summed E-state index contributed by atoms with van der Waals surface area (Å²) in [5.74, 6) is 2.56. The Morgan fingerprint density at radius 1 is 1.32 bits per heavy atom. The first-order valence-corrected chi connectivity index (χ1v) is 9.96. The molecule has 2 atom stereocenters. The van der Waals surface area contributed by atoms with E-state index >= 15 is 0 Å². The number of likely N-dealkylation sites (tertiary alicyclic amines) is 1. The highest BCUT2D eigenvalue weighted by Gasteiger charge is 2.28. The molecule has 1 N–H and O–H groups in total. The predicted molar refractivity (Wildman–Crippen MR) is 125 cm³/mol. The van der Waals surface area contributed by atoms with Gasteiger partial charge in [-0.05, 0) is 31.4 Å². The maximum Gasteiger partial charge on any atom is 0.193 e. The fourth-order valence-corrected chi connectivity index (χ4v) is 3.48. The number of halogens is 1. The third-order valence-electron chi connectivity index (χ3n) is 5.04. The minimum absolute atomic E-state index is 0. The summed E-state index contributed by atoms with van der Waals surface area (Å²) < 4.78 is 7.99. The van der Waals surface area contributed by atoms with Gasteiger partial charge in [0.25, 0.3) is 0 Å². The highest BCUT2D eigenvalue weighted by Crippen LogP contribution is 2.27. The van der Waals surface area contributed by atoms with Crippen molar-refractivity contribution in [2.75, 3.05) is 32.8 Å². The monoisotopic (exact) mass is 497 g/mol. The van der Waals surface area contributed by atoms with Crippen molar-refractivity contribution in [3.8, 4) is 5.75 Å². The zero-order chi connectivity index (χ0) is 18.9. The maximum absolute atomic E-state index is 5.76. The Balaban J connectivity index is 0.00000280. The van der Waals surface area contributed by atoms with E-state index in [1.165, 1.54) is 0 Å². The van der Waals surface area contributed by atoms with Crippen molar-refractivity contribution in [2.45, 2.75) is 32.7 Å². The normalized spacial score (nSPS) is 19.8. The second-order valence-electron chi connectivity index (χ2n) is 7.04. The lowest BCUT2D eigenvalue weighted by Crippen LogP contribution is -2.49. The lowest BCUT2D eigenvalue weighted by molar-refractivity contribution is 0.189. The van der Waals surface area contributed by atoms with Crippen LogP contribution in [0.2, 0.25) is 0 Å². The topological polar surface area (TPSA) is 54.7 Å². The van der Waals surface area contributed by atoms with Crippen molar-refractivity contribution in [3.63, 3.8) is 0 Å². The van der Waals surface area contributed by atoms with E-state index in [-0.39, 0.29) is 24.0 Å². The number of hydrogen-bond donors (Lipinski definition) is 1. The molecule has 6 nitrogen and oxygen atoms in total. The Hall–Kier alpha value is -1.77. The molecular formula is C21H32IN5O. The number of hydrogen-bond acceptors (Lipinski definition) is 3. The number of piperidine rings is 1. The summed E-state index contributed by atoms with van der Waals surface area (Å²) in [6.07, 6.45) is 7.91. The van der Waals surface area contributed by atoms with E-state index in [4.69, 9.17) is 9.73 Å². The van der Waals surface area contributed by atoms with Crippen LogP contribution in [0.25, 0.3) is 0 Å². The van der Waals surface area contributed by atoms with E-state index in [1.54, 1.807) is 0 Å². The first-order valence-electron chi connectivity index (χ1n) is 9.96. The van der Waals surface area contributed by atoms with Crippen LogP contribution in [0.15, 0.2) is 54.0 Å². The number of aromatic nitrogens is 2. The fourth-order valence-electron chi connectivity index (χ4n) is 3.48. The van der Waals surface area contributed by atoms with Crippen molar-refractivity contribution in [2.24, 2.45) is 10.9 Å². The smallest absolute Gasteiger partial charge is 0.193 e. The molecule has 0 aliphatic carbocycles. The van der Waals surface area contributed by atoms with Crippen LogP contribution in [-0.4, -0.2) is 53.2 Å². The van der Waals surface area contributed by atoms with Gasteiger partial charge in [0.2, 0.25) is 0 Å². The van der Waals surface area contributed by atoms with Crippen LogP contribution in [0.4, 0.5) is 0 Å². The average molecular weight is 497 g/mol. The molecule has 28 heavy (non-hydrogen) atoms. The van der Waals surface area contributed by atoms with E-state index < -0.39 is 0 Å². The van der Waals surface area contributed by atoms with E-state index in [0.717, 1.165) is 50.7 Å². The number of nitrogens with one attached hydrogen (secondary N) is 1. The van der Waals surface area contributed by atoms with Crippen molar-refractivity contribution in [1.29, 1.82) is 0 Å². The largest absolute Gasteiger partial charge is 0.494 e. The number of imidazole rings is 1. The second-order valence-corrected chi connectivity index (χ2v) is 7.04. The summed E-state index contributed by atoms with van der Waals surface area (Å²) in [4.78, 5) is 11.4. The molecule has 0 spiro atoms. The molecule has 0 radical (unpaired) electrons. The molecule has 7 heteroatoms. The standard InChI is InChI=1S/C21H31N5O.HI/c1-3-23-21(24-11-7-15-27-19-8-5-4-6-9-19)25-13-10-18(2)20(16-25)26-14-12-22-17-26;/h4-6,8-9,12,14,17-18,20H,3,7,10-11,13,15-16H2,1-2H3,(H,23,24);1H. The van der Waals surface area contributed by atoms with Gasteiger partial charge in [0.1, 0.15) is 5.75 Å². The van der Waals surface area contributed by atoms with Crippen LogP contribution in [0.3, 0.4) is 0 Å². The van der Waals surface area contributed by atoms with E-state index in [2.05, 4.69) is 39.8 Å². The fraction of sp³-hybridized carbons (Fsp3) is 0.524. The first-order chi connectivity index (χ1) is 13.3. The van der Waals surface area contributed by atoms with E-state index in [1.807, 2.05) is 42.9 Å². The van der Waals surface area contributed by atoms with Crippen LogP contribution in [0.1, 0.15) is 32.7 Å². The van der Waals surface area contributed by atoms with Gasteiger partial charge < -0.3 is 19.5 Å². The van der Waals surface area contributed by atoms with Crippen molar-refractivity contribution in [3.05, 3.63) is 49.1 Å². The van der Waals surface area contributed by atoms with Crippen molar-refractivity contribution in [1.82, 2.24) is 19.8 Å². The number of guanidine groups is 1. The molecule has 1 aromatic heterocycles. The second kappa shape index (κ2) is 11.9. The zero-order valence-corrected chi connectivity index (χ0v) is 19.2. The number of aliphatic imine (C=N–C) groups is 1. The zero-order valence-electron chi connectivity index (χ0n) is 16.8. The molecule has 1 aliphatic rings. The number of nitrogens with zero attached hydrogens (tertiary/aromatic N) is 4. The third kappa shape index (κ3) is 6.39. The van der Waals surface area contributed by atoms with Crippen LogP contribution in [0, 0.1) is 5.92 Å². The Morgan fingerprint density at radius 2 is 2.14 bits per heavy atom. The molecule has 2 aromatic rings. The third-order valence-corrected chi connectivity index (χ3v) is 5.04. The molecule has 1 saturated heterocycles. The molecule has 0 bridgehead atoms. The highest BCUT2D eigenvalue weighted by atomic mass is 127. The van der Waals surface area contributed by atoms with Crippen LogP contribution >= 0.6 is 24.0 Å². The summed E-state index contributed by atoms with van der Waals surface area (Å²) >= 11 is 0. The lowest BCUT2D eigenvalue weighted by atomic mass is 9.93. The van der Waals surface area contributed by atoms with Gasteiger partial charge in [0, 0.05) is 45.0 Å². The summed E-state index contributed by atoms with van der Waals surface area (Å²) in [7, 11) is 0. The highest BCUT2D eigenvalue weighted by molar-refractivity contribution is 14.0.